The van der Waals surface area contributed by atoms with E-state index in [9.17, 15) is 4.79 Å². The molecule has 1 fully saturated rings. The summed E-state index contributed by atoms with van der Waals surface area (Å²) < 4.78 is 0. The number of anilines is 2. The Morgan fingerprint density at radius 2 is 2.15 bits per heavy atom. The Morgan fingerprint density at radius 1 is 1.50 bits per heavy atom. The molecule has 0 radical (unpaired) electrons. The zero-order chi connectivity index (χ0) is 14.7. The van der Waals surface area contributed by atoms with Crippen LogP contribution in [0.4, 0.5) is 10.9 Å². The van der Waals surface area contributed by atoms with Gasteiger partial charge in [-0.05, 0) is 14.0 Å². The number of rotatable bonds is 3. The van der Waals surface area contributed by atoms with Gasteiger partial charge in [0.05, 0.1) is 6.04 Å². The van der Waals surface area contributed by atoms with Gasteiger partial charge in [0.25, 0.3) is 5.91 Å². The van der Waals surface area contributed by atoms with E-state index >= 15 is 0 Å². The summed E-state index contributed by atoms with van der Waals surface area (Å²) in [5.41, 5.74) is 5.84. The molecule has 0 aliphatic carbocycles. The molecule has 1 saturated heterocycles. The SMILES string of the molecule is C#CC(C)NC(=O)c1sc(N2CCN(C)CC2)nc1N. The van der Waals surface area contributed by atoms with Gasteiger partial charge < -0.3 is 20.9 Å². The van der Waals surface area contributed by atoms with Crippen molar-refractivity contribution < 1.29 is 4.79 Å². The zero-order valence-corrected chi connectivity index (χ0v) is 12.5. The number of amides is 1. The topological polar surface area (TPSA) is 74.5 Å². The number of hydrogen-bond acceptors (Lipinski definition) is 6. The number of aromatic nitrogens is 1. The number of nitrogens with one attached hydrogen (secondary N) is 1. The van der Waals surface area contributed by atoms with Gasteiger partial charge in [0.2, 0.25) is 0 Å². The minimum Gasteiger partial charge on any atom is -0.382 e. The molecule has 1 aromatic rings. The molecule has 20 heavy (non-hydrogen) atoms. The van der Waals surface area contributed by atoms with E-state index in [1.807, 2.05) is 0 Å². The van der Waals surface area contributed by atoms with E-state index in [1.54, 1.807) is 6.92 Å². The van der Waals surface area contributed by atoms with E-state index in [1.165, 1.54) is 11.3 Å². The lowest BCUT2D eigenvalue weighted by Gasteiger charge is -2.31. The van der Waals surface area contributed by atoms with E-state index in [0.29, 0.717) is 4.88 Å². The van der Waals surface area contributed by atoms with E-state index in [0.717, 1.165) is 31.3 Å². The molecule has 0 bridgehead atoms. The Morgan fingerprint density at radius 3 is 2.75 bits per heavy atom. The highest BCUT2D eigenvalue weighted by molar-refractivity contribution is 7.18. The summed E-state index contributed by atoms with van der Waals surface area (Å²) >= 11 is 1.32. The van der Waals surface area contributed by atoms with Gasteiger partial charge in [0, 0.05) is 26.2 Å². The third-order valence-corrected chi connectivity index (χ3v) is 4.35. The first-order valence-corrected chi connectivity index (χ1v) is 7.29. The highest BCUT2D eigenvalue weighted by atomic mass is 32.1. The van der Waals surface area contributed by atoms with Crippen LogP contribution in [0.1, 0.15) is 16.6 Å². The molecule has 1 aromatic heterocycles. The molecule has 1 unspecified atom stereocenters. The van der Waals surface area contributed by atoms with E-state index in [2.05, 4.69) is 33.1 Å². The summed E-state index contributed by atoms with van der Waals surface area (Å²) in [6.07, 6.45) is 5.25. The number of terminal acetylenes is 1. The van der Waals surface area contributed by atoms with E-state index in [-0.39, 0.29) is 17.8 Å². The van der Waals surface area contributed by atoms with Gasteiger partial charge in [-0.3, -0.25) is 4.79 Å². The highest BCUT2D eigenvalue weighted by Crippen LogP contribution is 2.28. The maximum atomic E-state index is 12.0. The van der Waals surface area contributed by atoms with Crippen LogP contribution in [0.15, 0.2) is 0 Å². The van der Waals surface area contributed by atoms with Crippen molar-refractivity contribution in [3.63, 3.8) is 0 Å². The number of carbonyl (C=O) groups excluding carboxylic acids is 1. The van der Waals surface area contributed by atoms with Gasteiger partial charge in [0.15, 0.2) is 5.13 Å². The lowest BCUT2D eigenvalue weighted by atomic mass is 10.3. The summed E-state index contributed by atoms with van der Waals surface area (Å²) in [5, 5.41) is 3.50. The second-order valence-electron chi connectivity index (χ2n) is 4.86. The van der Waals surface area contributed by atoms with E-state index in [4.69, 9.17) is 12.2 Å². The molecule has 6 nitrogen and oxygen atoms in total. The van der Waals surface area contributed by atoms with Crippen molar-refractivity contribution in [2.24, 2.45) is 0 Å². The second-order valence-corrected chi connectivity index (χ2v) is 5.84. The van der Waals surface area contributed by atoms with Gasteiger partial charge in [-0.25, -0.2) is 4.98 Å². The monoisotopic (exact) mass is 293 g/mol. The van der Waals surface area contributed by atoms with Crippen LogP contribution < -0.4 is 16.0 Å². The van der Waals surface area contributed by atoms with Crippen LogP contribution in [-0.4, -0.2) is 55.1 Å². The Hall–Kier alpha value is -1.78. The molecule has 1 aliphatic heterocycles. The third kappa shape index (κ3) is 3.21. The fraction of sp³-hybridized carbons (Fsp3) is 0.538. The Kier molecular flexibility index (Phi) is 4.47. The molecule has 1 amide bonds. The maximum absolute atomic E-state index is 12.0. The molecular weight excluding hydrogens is 274 g/mol. The number of hydrogen-bond donors (Lipinski definition) is 2. The number of carbonyl (C=O) groups is 1. The Labute approximate surface area is 123 Å². The number of thiazole rings is 1. The maximum Gasteiger partial charge on any atom is 0.266 e. The van der Waals surface area contributed by atoms with Crippen molar-refractivity contribution in [1.82, 2.24) is 15.2 Å². The first-order valence-electron chi connectivity index (χ1n) is 6.48. The van der Waals surface area contributed by atoms with Crippen LogP contribution in [0, 0.1) is 12.3 Å². The normalized spacial score (nSPS) is 17.6. The summed E-state index contributed by atoms with van der Waals surface area (Å²) in [7, 11) is 2.09. The van der Waals surface area contributed by atoms with Crippen molar-refractivity contribution in [3.05, 3.63) is 4.88 Å². The van der Waals surface area contributed by atoms with Crippen LogP contribution in [0.5, 0.6) is 0 Å². The molecule has 108 valence electrons. The molecule has 2 rings (SSSR count). The number of nitrogens with zero attached hydrogens (tertiary/aromatic N) is 3. The molecule has 0 saturated carbocycles. The summed E-state index contributed by atoms with van der Waals surface area (Å²) in [6.45, 7) is 5.50. The molecule has 7 heteroatoms. The molecular formula is C13H19N5OS. The van der Waals surface area contributed by atoms with Gasteiger partial charge in [-0.15, -0.1) is 6.42 Å². The molecule has 0 aromatic carbocycles. The minimum absolute atomic E-state index is 0.258. The predicted octanol–water partition coefficient (Wildman–Crippen LogP) is 0.229. The third-order valence-electron chi connectivity index (χ3n) is 3.22. The van der Waals surface area contributed by atoms with Crippen LogP contribution in [0.3, 0.4) is 0 Å². The fourth-order valence-electron chi connectivity index (χ4n) is 1.92. The van der Waals surface area contributed by atoms with Crippen LogP contribution in [-0.2, 0) is 0 Å². The first-order chi connectivity index (χ1) is 9.51. The largest absolute Gasteiger partial charge is 0.382 e. The first kappa shape index (κ1) is 14.6. The Balaban J connectivity index is 2.09. The second kappa shape index (κ2) is 6.11. The number of nitrogens with two attached hydrogens (primary N) is 1. The van der Waals surface area contributed by atoms with Gasteiger partial charge in [-0.2, -0.15) is 0 Å². The van der Waals surface area contributed by atoms with Gasteiger partial charge >= 0.3 is 0 Å². The highest BCUT2D eigenvalue weighted by Gasteiger charge is 2.22. The van der Waals surface area contributed by atoms with Gasteiger partial charge in [-0.1, -0.05) is 17.3 Å². The van der Waals surface area contributed by atoms with Crippen molar-refractivity contribution >= 4 is 28.2 Å². The minimum atomic E-state index is -0.323. The van der Waals surface area contributed by atoms with Crippen molar-refractivity contribution in [3.8, 4) is 12.3 Å². The average Bonchev–Trinajstić information content (AvgIpc) is 2.81. The fourth-order valence-corrected chi connectivity index (χ4v) is 2.86. The predicted molar refractivity (Wildman–Crippen MR) is 82.0 cm³/mol. The molecule has 2 heterocycles. The number of likely N-dealkylation sites (N-methyl/N-ethyl adjacent to an activating group) is 1. The summed E-state index contributed by atoms with van der Waals surface area (Å²) in [4.78, 5) is 21.2. The molecule has 0 spiro atoms. The van der Waals surface area contributed by atoms with Crippen molar-refractivity contribution in [2.45, 2.75) is 13.0 Å². The average molecular weight is 293 g/mol. The van der Waals surface area contributed by atoms with Crippen LogP contribution in [0.25, 0.3) is 0 Å². The molecule has 1 atom stereocenters. The van der Waals surface area contributed by atoms with Crippen LogP contribution in [0.2, 0.25) is 0 Å². The Bertz CT molecular complexity index is 527. The quantitative estimate of drug-likeness (QED) is 0.780. The van der Waals surface area contributed by atoms with Crippen molar-refractivity contribution in [1.29, 1.82) is 0 Å². The number of nitrogen functional groups attached to an aromatic ring is 1. The smallest absolute Gasteiger partial charge is 0.266 e. The van der Waals surface area contributed by atoms with E-state index < -0.39 is 0 Å². The standard InChI is InChI=1S/C13H19N5OS/c1-4-9(2)15-12(19)10-11(14)16-13(20-10)18-7-5-17(3)6-8-18/h1,9H,5-8,14H2,2-3H3,(H,15,19). The lowest BCUT2D eigenvalue weighted by molar-refractivity contribution is 0.0953. The van der Waals surface area contributed by atoms with Crippen LogP contribution >= 0.6 is 11.3 Å². The summed E-state index contributed by atoms with van der Waals surface area (Å²) in [6, 6.07) is -0.323. The number of piperazine rings is 1. The zero-order valence-electron chi connectivity index (χ0n) is 11.7. The summed E-state index contributed by atoms with van der Waals surface area (Å²) in [5.74, 6) is 2.47. The molecule has 3 N–H and O–H groups in total. The molecule has 1 aliphatic rings. The van der Waals surface area contributed by atoms with Crippen molar-refractivity contribution in [2.75, 3.05) is 43.9 Å². The van der Waals surface area contributed by atoms with Gasteiger partial charge in [0.1, 0.15) is 10.7 Å². The lowest BCUT2D eigenvalue weighted by Crippen LogP contribution is -2.44.